The number of benzene rings is 1. The van der Waals surface area contributed by atoms with Gasteiger partial charge < -0.3 is 11.1 Å². The van der Waals surface area contributed by atoms with E-state index in [4.69, 9.17) is 5.73 Å². The zero-order valence-corrected chi connectivity index (χ0v) is 12.3. The molecule has 21 heavy (non-hydrogen) atoms. The summed E-state index contributed by atoms with van der Waals surface area (Å²) in [5.41, 5.74) is 6.35. The number of carbonyl (C=O) groups is 1. The number of rotatable bonds is 5. The minimum absolute atomic E-state index is 0. The molecule has 6 heteroatoms. The van der Waals surface area contributed by atoms with Crippen molar-refractivity contribution in [3.8, 4) is 0 Å². The molecule has 1 aromatic rings. The molecule has 3 atom stereocenters. The lowest BCUT2D eigenvalue weighted by Gasteiger charge is -2.16. The standard InChI is InChI=1S/C15H18F2N2O.ClH/c16-12-4-3-9(5-13(12)17)10-6-11(10)15(20)19-14(7-18)8-1-2-8;/h3-5,8,10-11,14H,1-2,6-7,18H2,(H,19,20);1H. The van der Waals surface area contributed by atoms with Crippen LogP contribution < -0.4 is 11.1 Å². The van der Waals surface area contributed by atoms with Crippen molar-refractivity contribution in [3.05, 3.63) is 35.4 Å². The second-order valence-electron chi connectivity index (χ2n) is 5.81. The van der Waals surface area contributed by atoms with Gasteiger partial charge in [-0.15, -0.1) is 12.4 Å². The monoisotopic (exact) mass is 316 g/mol. The van der Waals surface area contributed by atoms with Crippen LogP contribution in [0.2, 0.25) is 0 Å². The molecule has 0 bridgehead atoms. The van der Waals surface area contributed by atoms with Crippen molar-refractivity contribution in [2.24, 2.45) is 17.6 Å². The van der Waals surface area contributed by atoms with E-state index in [9.17, 15) is 13.6 Å². The van der Waals surface area contributed by atoms with Crippen molar-refractivity contribution < 1.29 is 13.6 Å². The molecule has 0 saturated heterocycles. The van der Waals surface area contributed by atoms with Crippen LogP contribution in [0.25, 0.3) is 0 Å². The fourth-order valence-electron chi connectivity index (χ4n) is 2.75. The highest BCUT2D eigenvalue weighted by atomic mass is 35.5. The molecule has 0 radical (unpaired) electrons. The molecular weight excluding hydrogens is 298 g/mol. The van der Waals surface area contributed by atoms with Gasteiger partial charge in [0.1, 0.15) is 0 Å². The van der Waals surface area contributed by atoms with Crippen molar-refractivity contribution in [2.75, 3.05) is 6.54 Å². The van der Waals surface area contributed by atoms with Crippen LogP contribution in [0.4, 0.5) is 8.78 Å². The highest BCUT2D eigenvalue weighted by Gasteiger charge is 2.45. The Morgan fingerprint density at radius 1 is 1.33 bits per heavy atom. The molecule has 0 heterocycles. The Bertz CT molecular complexity index is 536. The Balaban J connectivity index is 0.00000161. The summed E-state index contributed by atoms with van der Waals surface area (Å²) in [5.74, 6) is -1.33. The summed E-state index contributed by atoms with van der Waals surface area (Å²) in [6, 6.07) is 3.92. The lowest BCUT2D eigenvalue weighted by atomic mass is 10.1. The zero-order chi connectivity index (χ0) is 14.3. The second-order valence-corrected chi connectivity index (χ2v) is 5.81. The molecule has 3 N–H and O–H groups in total. The third-order valence-electron chi connectivity index (χ3n) is 4.27. The number of nitrogens with two attached hydrogens (primary N) is 1. The Kier molecular flexibility index (Phi) is 4.84. The van der Waals surface area contributed by atoms with Crippen LogP contribution in [0.3, 0.4) is 0 Å². The van der Waals surface area contributed by atoms with Gasteiger partial charge >= 0.3 is 0 Å². The molecule has 2 fully saturated rings. The van der Waals surface area contributed by atoms with Crippen molar-refractivity contribution >= 4 is 18.3 Å². The van der Waals surface area contributed by atoms with Crippen molar-refractivity contribution in [1.29, 1.82) is 0 Å². The molecule has 2 saturated carbocycles. The lowest BCUT2D eigenvalue weighted by molar-refractivity contribution is -0.123. The number of amides is 1. The van der Waals surface area contributed by atoms with Gasteiger partial charge in [-0.3, -0.25) is 4.79 Å². The van der Waals surface area contributed by atoms with Crippen LogP contribution in [0, 0.1) is 23.5 Å². The summed E-state index contributed by atoms with van der Waals surface area (Å²) in [6.07, 6.45) is 2.94. The number of halogens is 3. The van der Waals surface area contributed by atoms with Gasteiger partial charge in [-0.05, 0) is 48.8 Å². The fraction of sp³-hybridized carbons (Fsp3) is 0.533. The number of nitrogens with one attached hydrogen (secondary N) is 1. The number of carbonyl (C=O) groups excluding carboxylic acids is 1. The first-order valence-corrected chi connectivity index (χ1v) is 7.05. The average Bonchev–Trinajstić information content (AvgIpc) is 3.29. The van der Waals surface area contributed by atoms with Gasteiger partial charge in [0.15, 0.2) is 11.6 Å². The molecular formula is C15H19ClF2N2O. The SMILES string of the molecule is Cl.NCC(NC(=O)C1CC1c1ccc(F)c(F)c1)C1CC1. The van der Waals surface area contributed by atoms with Gasteiger partial charge in [0, 0.05) is 18.5 Å². The maximum Gasteiger partial charge on any atom is 0.224 e. The summed E-state index contributed by atoms with van der Waals surface area (Å²) in [5, 5.41) is 2.98. The molecule has 0 aromatic heterocycles. The van der Waals surface area contributed by atoms with E-state index >= 15 is 0 Å². The van der Waals surface area contributed by atoms with Gasteiger partial charge in [0.25, 0.3) is 0 Å². The van der Waals surface area contributed by atoms with Gasteiger partial charge in [-0.1, -0.05) is 6.07 Å². The Hall–Kier alpha value is -1.20. The van der Waals surface area contributed by atoms with Crippen molar-refractivity contribution in [3.63, 3.8) is 0 Å². The minimum Gasteiger partial charge on any atom is -0.352 e. The van der Waals surface area contributed by atoms with Crippen LogP contribution in [-0.4, -0.2) is 18.5 Å². The maximum atomic E-state index is 13.2. The van der Waals surface area contributed by atoms with Gasteiger partial charge in [-0.2, -0.15) is 0 Å². The maximum absolute atomic E-state index is 13.2. The minimum atomic E-state index is -0.855. The van der Waals surface area contributed by atoms with E-state index in [1.165, 1.54) is 6.07 Å². The predicted octanol–water partition coefficient (Wildman–Crippen LogP) is 2.34. The number of hydrogen-bond donors (Lipinski definition) is 2. The molecule has 2 aliphatic carbocycles. The molecule has 0 aliphatic heterocycles. The van der Waals surface area contributed by atoms with Gasteiger partial charge in [-0.25, -0.2) is 8.78 Å². The topological polar surface area (TPSA) is 55.1 Å². The van der Waals surface area contributed by atoms with Crippen LogP contribution in [0.5, 0.6) is 0 Å². The second kappa shape index (κ2) is 6.28. The van der Waals surface area contributed by atoms with Crippen LogP contribution in [0.1, 0.15) is 30.7 Å². The number of hydrogen-bond acceptors (Lipinski definition) is 2. The van der Waals surface area contributed by atoms with E-state index in [-0.39, 0.29) is 36.2 Å². The first-order chi connectivity index (χ1) is 9.60. The van der Waals surface area contributed by atoms with Crippen LogP contribution >= 0.6 is 12.4 Å². The van der Waals surface area contributed by atoms with E-state index in [1.54, 1.807) is 6.07 Å². The Morgan fingerprint density at radius 2 is 2.05 bits per heavy atom. The average molecular weight is 317 g/mol. The first-order valence-electron chi connectivity index (χ1n) is 7.05. The molecule has 3 unspecified atom stereocenters. The Morgan fingerprint density at radius 3 is 2.62 bits per heavy atom. The fourth-order valence-corrected chi connectivity index (χ4v) is 2.75. The summed E-state index contributed by atoms with van der Waals surface area (Å²) >= 11 is 0. The summed E-state index contributed by atoms with van der Waals surface area (Å²) in [6.45, 7) is 0.457. The lowest BCUT2D eigenvalue weighted by Crippen LogP contribution is -2.42. The molecule has 1 amide bonds. The van der Waals surface area contributed by atoms with Crippen molar-refractivity contribution in [2.45, 2.75) is 31.2 Å². The third-order valence-corrected chi connectivity index (χ3v) is 4.27. The van der Waals surface area contributed by atoms with E-state index in [0.29, 0.717) is 24.4 Å². The van der Waals surface area contributed by atoms with E-state index < -0.39 is 11.6 Å². The summed E-state index contributed by atoms with van der Waals surface area (Å²) in [4.78, 5) is 12.1. The van der Waals surface area contributed by atoms with E-state index in [2.05, 4.69) is 5.32 Å². The summed E-state index contributed by atoms with van der Waals surface area (Å²) < 4.78 is 26.1. The molecule has 3 rings (SSSR count). The highest BCUT2D eigenvalue weighted by Crippen LogP contribution is 2.48. The normalized spacial score (nSPS) is 24.9. The van der Waals surface area contributed by atoms with Crippen molar-refractivity contribution in [1.82, 2.24) is 5.32 Å². The molecule has 1 aromatic carbocycles. The van der Waals surface area contributed by atoms with Crippen LogP contribution in [0.15, 0.2) is 18.2 Å². The smallest absolute Gasteiger partial charge is 0.224 e. The quantitative estimate of drug-likeness (QED) is 0.876. The van der Waals surface area contributed by atoms with Gasteiger partial charge in [0.2, 0.25) is 5.91 Å². The van der Waals surface area contributed by atoms with E-state index in [0.717, 1.165) is 18.9 Å². The first kappa shape index (κ1) is 16.2. The van der Waals surface area contributed by atoms with Crippen LogP contribution in [-0.2, 0) is 4.79 Å². The molecule has 116 valence electrons. The predicted molar refractivity (Wildman–Crippen MR) is 78.2 cm³/mol. The highest BCUT2D eigenvalue weighted by molar-refractivity contribution is 5.85. The molecule has 2 aliphatic rings. The molecule has 0 spiro atoms. The van der Waals surface area contributed by atoms with E-state index in [1.807, 2.05) is 0 Å². The zero-order valence-electron chi connectivity index (χ0n) is 11.5. The Labute approximate surface area is 128 Å². The largest absolute Gasteiger partial charge is 0.352 e. The van der Waals surface area contributed by atoms with Gasteiger partial charge in [0.05, 0.1) is 0 Å². The molecule has 3 nitrogen and oxygen atoms in total. The summed E-state index contributed by atoms with van der Waals surface area (Å²) in [7, 11) is 0. The third kappa shape index (κ3) is 3.52.